The zero-order valence-electron chi connectivity index (χ0n) is 11.3. The van der Waals surface area contributed by atoms with Gasteiger partial charge < -0.3 is 10.0 Å². The highest BCUT2D eigenvalue weighted by Crippen LogP contribution is 2.35. The maximum atomic E-state index is 12.5. The van der Waals surface area contributed by atoms with Gasteiger partial charge in [0, 0.05) is 6.54 Å². The lowest BCUT2D eigenvalue weighted by atomic mass is 9.90. The van der Waals surface area contributed by atoms with Gasteiger partial charge in [0.1, 0.15) is 16.4 Å². The van der Waals surface area contributed by atoms with E-state index in [9.17, 15) is 14.7 Å². The summed E-state index contributed by atoms with van der Waals surface area (Å²) in [4.78, 5) is 29.6. The van der Waals surface area contributed by atoms with Crippen LogP contribution in [0.1, 0.15) is 43.1 Å². The Kier molecular flexibility index (Phi) is 4.28. The van der Waals surface area contributed by atoms with E-state index in [-0.39, 0.29) is 16.8 Å². The number of nitrogens with zero attached hydrogens (tertiary/aromatic N) is 2. The molecule has 1 atom stereocenters. The molecule has 0 saturated carbocycles. The average Bonchev–Trinajstić information content (AvgIpc) is 2.83. The summed E-state index contributed by atoms with van der Waals surface area (Å²) in [5.41, 5.74) is -0.906. The summed E-state index contributed by atoms with van der Waals surface area (Å²) in [6.45, 7) is 2.36. The van der Waals surface area contributed by atoms with Gasteiger partial charge in [-0.05, 0) is 31.4 Å². The number of amides is 1. The van der Waals surface area contributed by atoms with E-state index in [1.807, 2.05) is 6.92 Å². The molecule has 1 saturated heterocycles. The molecule has 1 N–H and O–H groups in total. The Balaban J connectivity index is 2.34. The highest BCUT2D eigenvalue weighted by atomic mass is 35.5. The van der Waals surface area contributed by atoms with Gasteiger partial charge in [-0.3, -0.25) is 4.79 Å². The molecular weight excluding hydrogens is 280 g/mol. The fraction of sp³-hybridized carbons (Fsp3) is 0.500. The molecule has 0 radical (unpaired) electrons. The van der Waals surface area contributed by atoms with Crippen molar-refractivity contribution in [1.29, 1.82) is 0 Å². The van der Waals surface area contributed by atoms with Crippen LogP contribution in [0.25, 0.3) is 0 Å². The number of aliphatic carboxylic acids is 1. The number of carboxylic acids is 1. The molecule has 2 heterocycles. The monoisotopic (exact) mass is 296 g/mol. The minimum Gasteiger partial charge on any atom is -0.479 e. The van der Waals surface area contributed by atoms with Crippen LogP contribution >= 0.6 is 11.6 Å². The molecule has 0 bridgehead atoms. The summed E-state index contributed by atoms with van der Waals surface area (Å²) in [6.07, 6.45) is 2.34. The highest BCUT2D eigenvalue weighted by molar-refractivity contribution is 6.29. The van der Waals surface area contributed by atoms with Crippen molar-refractivity contribution in [2.45, 2.75) is 38.1 Å². The van der Waals surface area contributed by atoms with Crippen LogP contribution in [0, 0.1) is 0 Å². The number of pyridine rings is 1. The van der Waals surface area contributed by atoms with Crippen molar-refractivity contribution in [2.24, 2.45) is 0 Å². The Morgan fingerprint density at radius 1 is 1.50 bits per heavy atom. The Hall–Kier alpha value is -1.62. The van der Waals surface area contributed by atoms with Crippen LogP contribution in [0.2, 0.25) is 5.15 Å². The van der Waals surface area contributed by atoms with Crippen LogP contribution in [-0.4, -0.2) is 39.0 Å². The highest BCUT2D eigenvalue weighted by Gasteiger charge is 2.49. The van der Waals surface area contributed by atoms with Gasteiger partial charge in [-0.2, -0.15) is 0 Å². The first kappa shape index (κ1) is 14.8. The first-order valence-electron chi connectivity index (χ1n) is 6.69. The third-order valence-corrected chi connectivity index (χ3v) is 3.94. The minimum absolute atomic E-state index is 0.195. The molecule has 1 aromatic rings. The third kappa shape index (κ3) is 2.50. The summed E-state index contributed by atoms with van der Waals surface area (Å²) >= 11 is 5.79. The minimum atomic E-state index is -1.10. The van der Waals surface area contributed by atoms with Gasteiger partial charge in [-0.25, -0.2) is 9.78 Å². The van der Waals surface area contributed by atoms with Gasteiger partial charge in [0.05, 0.1) is 0 Å². The van der Waals surface area contributed by atoms with E-state index in [1.165, 1.54) is 4.90 Å². The fourth-order valence-corrected chi connectivity index (χ4v) is 3.01. The summed E-state index contributed by atoms with van der Waals surface area (Å²) in [5, 5.41) is 9.80. The van der Waals surface area contributed by atoms with Gasteiger partial charge in [0.2, 0.25) is 0 Å². The van der Waals surface area contributed by atoms with E-state index in [2.05, 4.69) is 4.98 Å². The largest absolute Gasteiger partial charge is 0.479 e. The molecule has 1 amide bonds. The number of carbonyl (C=O) groups excluding carboxylic acids is 1. The first-order valence-corrected chi connectivity index (χ1v) is 7.07. The van der Waals surface area contributed by atoms with Crippen molar-refractivity contribution in [3.8, 4) is 0 Å². The summed E-state index contributed by atoms with van der Waals surface area (Å²) in [6, 6.07) is 4.78. The molecule has 6 heteroatoms. The zero-order chi connectivity index (χ0) is 14.8. The topological polar surface area (TPSA) is 70.5 Å². The molecule has 1 aliphatic rings. The third-order valence-electron chi connectivity index (χ3n) is 3.73. The fourth-order valence-electron chi connectivity index (χ4n) is 2.84. The number of rotatable bonds is 4. The maximum Gasteiger partial charge on any atom is 0.329 e. The van der Waals surface area contributed by atoms with Gasteiger partial charge in [-0.1, -0.05) is 31.0 Å². The van der Waals surface area contributed by atoms with Crippen molar-refractivity contribution in [3.63, 3.8) is 0 Å². The number of carboxylic acid groups (broad SMARTS) is 1. The standard InChI is InChI=1S/C14H17ClN2O3/c1-2-7-14(13(19)20)8-4-9-17(14)12(18)10-5-3-6-11(15)16-10/h3,5-6H,2,4,7-9H2,1H3,(H,19,20). The molecule has 1 fully saturated rings. The smallest absolute Gasteiger partial charge is 0.329 e. The molecule has 2 rings (SSSR count). The number of hydrogen-bond acceptors (Lipinski definition) is 3. The summed E-state index contributed by atoms with van der Waals surface area (Å²) in [7, 11) is 0. The lowest BCUT2D eigenvalue weighted by Crippen LogP contribution is -2.53. The van der Waals surface area contributed by atoms with E-state index >= 15 is 0 Å². The van der Waals surface area contributed by atoms with Gasteiger partial charge in [0.15, 0.2) is 0 Å². The molecule has 0 spiro atoms. The molecule has 108 valence electrons. The van der Waals surface area contributed by atoms with Crippen LogP contribution in [0.4, 0.5) is 0 Å². The van der Waals surface area contributed by atoms with Crippen molar-refractivity contribution in [3.05, 3.63) is 29.0 Å². The van der Waals surface area contributed by atoms with Crippen LogP contribution < -0.4 is 0 Å². The first-order chi connectivity index (χ1) is 9.51. The summed E-state index contributed by atoms with van der Waals surface area (Å²) < 4.78 is 0. The Bertz CT molecular complexity index is 535. The van der Waals surface area contributed by atoms with Gasteiger partial charge >= 0.3 is 5.97 Å². The Labute approximate surface area is 122 Å². The molecule has 1 unspecified atom stereocenters. The van der Waals surface area contributed by atoms with Gasteiger partial charge in [-0.15, -0.1) is 0 Å². The second-order valence-corrected chi connectivity index (χ2v) is 5.38. The quantitative estimate of drug-likeness (QED) is 0.867. The molecule has 20 heavy (non-hydrogen) atoms. The van der Waals surface area contributed by atoms with Crippen LogP contribution in [0.3, 0.4) is 0 Å². The predicted molar refractivity (Wildman–Crippen MR) is 74.8 cm³/mol. The number of likely N-dealkylation sites (tertiary alicyclic amines) is 1. The van der Waals surface area contributed by atoms with E-state index in [0.29, 0.717) is 32.2 Å². The molecular formula is C14H17ClN2O3. The predicted octanol–water partition coefficient (Wildman–Crippen LogP) is 2.59. The second-order valence-electron chi connectivity index (χ2n) is 4.99. The molecule has 5 nitrogen and oxygen atoms in total. The SMILES string of the molecule is CCCC1(C(=O)O)CCCN1C(=O)c1cccc(Cl)n1. The molecule has 0 aliphatic carbocycles. The molecule has 1 aliphatic heterocycles. The van der Waals surface area contributed by atoms with Gasteiger partial charge in [0.25, 0.3) is 5.91 Å². The number of hydrogen-bond donors (Lipinski definition) is 1. The maximum absolute atomic E-state index is 12.5. The Morgan fingerprint density at radius 2 is 2.25 bits per heavy atom. The van der Waals surface area contributed by atoms with E-state index in [4.69, 9.17) is 11.6 Å². The zero-order valence-corrected chi connectivity index (χ0v) is 12.1. The molecule has 1 aromatic heterocycles. The number of carbonyl (C=O) groups is 2. The van der Waals surface area contributed by atoms with Crippen molar-refractivity contribution in [2.75, 3.05) is 6.54 Å². The van der Waals surface area contributed by atoms with E-state index < -0.39 is 11.5 Å². The lowest BCUT2D eigenvalue weighted by Gasteiger charge is -2.34. The van der Waals surface area contributed by atoms with Crippen molar-refractivity contribution < 1.29 is 14.7 Å². The van der Waals surface area contributed by atoms with Crippen LogP contribution in [-0.2, 0) is 4.79 Å². The average molecular weight is 297 g/mol. The number of halogens is 1. The van der Waals surface area contributed by atoms with Crippen molar-refractivity contribution in [1.82, 2.24) is 9.88 Å². The van der Waals surface area contributed by atoms with Crippen LogP contribution in [0.15, 0.2) is 18.2 Å². The number of aromatic nitrogens is 1. The van der Waals surface area contributed by atoms with Crippen LogP contribution in [0.5, 0.6) is 0 Å². The lowest BCUT2D eigenvalue weighted by molar-refractivity contribution is -0.148. The molecule has 0 aromatic carbocycles. The normalized spacial score (nSPS) is 22.0. The van der Waals surface area contributed by atoms with E-state index in [0.717, 1.165) is 0 Å². The second kappa shape index (κ2) is 5.79. The summed E-state index contributed by atoms with van der Waals surface area (Å²) in [5.74, 6) is -1.30. The van der Waals surface area contributed by atoms with Crippen molar-refractivity contribution >= 4 is 23.5 Å². The Morgan fingerprint density at radius 3 is 2.85 bits per heavy atom. The van der Waals surface area contributed by atoms with E-state index in [1.54, 1.807) is 18.2 Å².